The van der Waals surface area contributed by atoms with Crippen LogP contribution in [0.4, 0.5) is 22.9 Å². The van der Waals surface area contributed by atoms with Crippen LogP contribution in [0.25, 0.3) is 11.1 Å². The van der Waals surface area contributed by atoms with Crippen LogP contribution in [0.15, 0.2) is 71.8 Å². The van der Waals surface area contributed by atoms with Crippen LogP contribution >= 0.6 is 0 Å². The van der Waals surface area contributed by atoms with E-state index < -0.39 is 0 Å². The molecule has 10 heteroatoms. The second-order valence-corrected chi connectivity index (χ2v) is 11.2. The lowest BCUT2D eigenvalue weighted by molar-refractivity contribution is 0.0651. The van der Waals surface area contributed by atoms with Gasteiger partial charge in [0.15, 0.2) is 0 Å². The highest BCUT2D eigenvalue weighted by atomic mass is 16.3. The Balaban J connectivity index is 1.31. The third-order valence-electron chi connectivity index (χ3n) is 8.20. The second kappa shape index (κ2) is 11.4. The topological polar surface area (TPSA) is 111 Å². The van der Waals surface area contributed by atoms with Gasteiger partial charge < -0.3 is 29.7 Å². The molecule has 6 rings (SSSR count). The van der Waals surface area contributed by atoms with Crippen LogP contribution in [0, 0.1) is 0 Å². The summed E-state index contributed by atoms with van der Waals surface area (Å²) in [6.45, 7) is 1.72. The number of hydrogen-bond donors (Lipinski definition) is 2. The van der Waals surface area contributed by atoms with E-state index in [9.17, 15) is 19.5 Å². The molecule has 0 saturated carbocycles. The minimum Gasteiger partial charge on any atom is -0.392 e. The molecule has 1 fully saturated rings. The molecule has 1 saturated heterocycles. The van der Waals surface area contributed by atoms with Gasteiger partial charge in [0.25, 0.3) is 17.4 Å². The van der Waals surface area contributed by atoms with Gasteiger partial charge >= 0.3 is 0 Å². The van der Waals surface area contributed by atoms with Gasteiger partial charge in [0, 0.05) is 75.5 Å². The molecule has 2 aliphatic heterocycles. The fourth-order valence-corrected chi connectivity index (χ4v) is 5.63. The molecule has 2 amide bonds. The quantitative estimate of drug-likeness (QED) is 0.343. The zero-order valence-electron chi connectivity index (χ0n) is 24.5. The molecule has 220 valence electrons. The van der Waals surface area contributed by atoms with Gasteiger partial charge in [0.1, 0.15) is 11.5 Å². The van der Waals surface area contributed by atoms with Gasteiger partial charge in [-0.3, -0.25) is 14.4 Å². The van der Waals surface area contributed by atoms with Gasteiger partial charge in [-0.1, -0.05) is 12.1 Å². The summed E-state index contributed by atoms with van der Waals surface area (Å²) in [7, 11) is 5.61. The molecule has 43 heavy (non-hydrogen) atoms. The fourth-order valence-electron chi connectivity index (χ4n) is 5.63. The minimum absolute atomic E-state index is 0.0476. The van der Waals surface area contributed by atoms with Crippen molar-refractivity contribution >= 4 is 34.7 Å². The van der Waals surface area contributed by atoms with Crippen LogP contribution in [0.3, 0.4) is 0 Å². The third kappa shape index (κ3) is 5.25. The number of carbonyl (C=O) groups excluding carboxylic acids is 2. The van der Waals surface area contributed by atoms with E-state index in [4.69, 9.17) is 0 Å². The normalized spacial score (nSPS) is 14.3. The summed E-state index contributed by atoms with van der Waals surface area (Å²) in [6.07, 6.45) is 4.94. The molecule has 2 aromatic heterocycles. The zero-order valence-corrected chi connectivity index (χ0v) is 24.5. The molecule has 4 aromatic rings. The van der Waals surface area contributed by atoms with Crippen molar-refractivity contribution in [2.75, 3.05) is 48.8 Å². The molecule has 0 aliphatic carbocycles. The lowest BCUT2D eigenvalue weighted by atomic mass is 9.94. The average Bonchev–Trinajstić information content (AvgIpc) is 2.98. The molecule has 0 unspecified atom stereocenters. The SMILES string of the molecule is CN(C)c1ccc2c(c1)CCN(c1cccc(-c3cc(Nc4ccc(C(=O)N5CCC5)cn4)c(=O)n(C)c3)c1CO)C2=O. The number of hydrogen-bond acceptors (Lipinski definition) is 7. The summed E-state index contributed by atoms with van der Waals surface area (Å²) < 4.78 is 1.47. The zero-order chi connectivity index (χ0) is 30.2. The van der Waals surface area contributed by atoms with Crippen LogP contribution in [0.2, 0.25) is 0 Å². The Hall–Kier alpha value is -4.96. The van der Waals surface area contributed by atoms with Crippen molar-refractivity contribution in [2.24, 2.45) is 7.05 Å². The standard InChI is InChI=1S/C33H34N6O4/c1-36(2)24-9-10-26-21(16-24)12-15-39(32(26)42)29-7-4-6-25(27(29)20-40)23-17-28(33(43)37(3)19-23)35-30-11-8-22(18-34-30)31(41)38-13-5-14-38/h4,6-11,16-19,40H,5,12-15,20H2,1-3H3,(H,34,35). The summed E-state index contributed by atoms with van der Waals surface area (Å²) in [6, 6.07) is 16.5. The summed E-state index contributed by atoms with van der Waals surface area (Å²) in [5.41, 5.74) is 5.90. The van der Waals surface area contributed by atoms with Crippen LogP contribution < -0.4 is 20.7 Å². The number of carbonyl (C=O) groups is 2. The van der Waals surface area contributed by atoms with Crippen LogP contribution in [-0.4, -0.2) is 65.1 Å². The molecule has 2 aromatic carbocycles. The van der Waals surface area contributed by atoms with Crippen molar-refractivity contribution in [1.82, 2.24) is 14.5 Å². The summed E-state index contributed by atoms with van der Waals surface area (Å²) in [5.74, 6) is 0.275. The average molecular weight is 579 g/mol. The lowest BCUT2D eigenvalue weighted by Crippen LogP contribution is -2.42. The van der Waals surface area contributed by atoms with E-state index in [2.05, 4.69) is 16.4 Å². The van der Waals surface area contributed by atoms with Crippen molar-refractivity contribution in [1.29, 1.82) is 0 Å². The van der Waals surface area contributed by atoms with Crippen molar-refractivity contribution in [3.05, 3.63) is 99.6 Å². The predicted molar refractivity (Wildman–Crippen MR) is 167 cm³/mol. The highest BCUT2D eigenvalue weighted by Crippen LogP contribution is 2.35. The number of anilines is 4. The highest BCUT2D eigenvalue weighted by molar-refractivity contribution is 6.09. The van der Waals surface area contributed by atoms with E-state index in [1.165, 1.54) is 10.8 Å². The molecule has 0 radical (unpaired) electrons. The smallest absolute Gasteiger partial charge is 0.274 e. The number of pyridine rings is 2. The van der Waals surface area contributed by atoms with E-state index in [-0.39, 0.29) is 24.0 Å². The summed E-state index contributed by atoms with van der Waals surface area (Å²) in [4.78, 5) is 49.1. The number of nitrogens with zero attached hydrogens (tertiary/aromatic N) is 5. The summed E-state index contributed by atoms with van der Waals surface area (Å²) in [5, 5.41) is 13.7. The van der Waals surface area contributed by atoms with Gasteiger partial charge in [-0.25, -0.2) is 4.98 Å². The van der Waals surface area contributed by atoms with E-state index in [0.717, 1.165) is 30.8 Å². The number of amides is 2. The lowest BCUT2D eigenvalue weighted by Gasteiger charge is -2.31. The molecule has 10 nitrogen and oxygen atoms in total. The molecule has 4 heterocycles. The number of nitrogens with one attached hydrogen (secondary N) is 1. The Morgan fingerprint density at radius 2 is 1.84 bits per heavy atom. The van der Waals surface area contributed by atoms with E-state index in [0.29, 0.717) is 58.0 Å². The monoisotopic (exact) mass is 578 g/mol. The van der Waals surface area contributed by atoms with E-state index >= 15 is 0 Å². The third-order valence-corrected chi connectivity index (χ3v) is 8.20. The number of aromatic nitrogens is 2. The molecule has 0 bridgehead atoms. The summed E-state index contributed by atoms with van der Waals surface area (Å²) >= 11 is 0. The van der Waals surface area contributed by atoms with Crippen molar-refractivity contribution < 1.29 is 14.7 Å². The maximum absolute atomic E-state index is 13.6. The van der Waals surface area contributed by atoms with Gasteiger partial charge in [-0.15, -0.1) is 0 Å². The first-order valence-corrected chi connectivity index (χ1v) is 14.3. The highest BCUT2D eigenvalue weighted by Gasteiger charge is 2.28. The van der Waals surface area contributed by atoms with Gasteiger partial charge in [-0.05, 0) is 66.4 Å². The molecular weight excluding hydrogens is 544 g/mol. The first-order chi connectivity index (χ1) is 20.7. The van der Waals surface area contributed by atoms with Gasteiger partial charge in [0.05, 0.1) is 17.9 Å². The van der Waals surface area contributed by atoms with Crippen molar-refractivity contribution in [2.45, 2.75) is 19.4 Å². The number of likely N-dealkylation sites (tertiary alicyclic amines) is 1. The number of rotatable bonds is 7. The van der Waals surface area contributed by atoms with E-state index in [1.807, 2.05) is 49.3 Å². The number of aryl methyl sites for hydroxylation is 1. The first-order valence-electron chi connectivity index (χ1n) is 14.3. The maximum Gasteiger partial charge on any atom is 0.274 e. The van der Waals surface area contributed by atoms with Crippen LogP contribution in [0.5, 0.6) is 0 Å². The first kappa shape index (κ1) is 28.2. The Morgan fingerprint density at radius 1 is 1.02 bits per heavy atom. The Bertz CT molecular complexity index is 1780. The number of aliphatic hydroxyl groups is 1. The minimum atomic E-state index is -0.290. The Kier molecular flexibility index (Phi) is 7.45. The molecule has 2 aliphatic rings. The van der Waals surface area contributed by atoms with Gasteiger partial charge in [-0.2, -0.15) is 0 Å². The Morgan fingerprint density at radius 3 is 2.51 bits per heavy atom. The molecule has 0 atom stereocenters. The van der Waals surface area contributed by atoms with Crippen LogP contribution in [0.1, 0.15) is 38.3 Å². The van der Waals surface area contributed by atoms with Crippen LogP contribution in [-0.2, 0) is 20.1 Å². The second-order valence-electron chi connectivity index (χ2n) is 11.2. The largest absolute Gasteiger partial charge is 0.392 e. The number of aliphatic hydroxyl groups excluding tert-OH is 1. The van der Waals surface area contributed by atoms with Gasteiger partial charge in [0.2, 0.25) is 0 Å². The number of fused-ring (bicyclic) bond motifs is 1. The van der Waals surface area contributed by atoms with Crippen molar-refractivity contribution in [3.8, 4) is 11.1 Å². The van der Waals surface area contributed by atoms with Crippen molar-refractivity contribution in [3.63, 3.8) is 0 Å². The number of benzene rings is 2. The van der Waals surface area contributed by atoms with E-state index in [1.54, 1.807) is 41.2 Å². The Labute approximate surface area is 249 Å². The fraction of sp³-hybridized carbons (Fsp3) is 0.273. The predicted octanol–water partition coefficient (Wildman–Crippen LogP) is 3.80. The molecule has 0 spiro atoms. The molecular formula is C33H34N6O4. The molecule has 2 N–H and O–H groups in total. The maximum atomic E-state index is 13.6.